The van der Waals surface area contributed by atoms with E-state index in [0.29, 0.717) is 12.4 Å². The second-order valence-corrected chi connectivity index (χ2v) is 8.26. The average Bonchev–Trinajstić information content (AvgIpc) is 3.29. The summed E-state index contributed by atoms with van der Waals surface area (Å²) in [5.41, 5.74) is 0. The number of hydrogen-bond donors (Lipinski definition) is 2. The first-order valence-corrected chi connectivity index (χ1v) is 9.62. The van der Waals surface area contributed by atoms with Crippen molar-refractivity contribution in [3.8, 4) is 0 Å². The molecule has 0 radical (unpaired) electrons. The molecule has 6 atom stereocenters. The molecule has 158 valence electrons. The highest BCUT2D eigenvalue weighted by molar-refractivity contribution is 5.29. The summed E-state index contributed by atoms with van der Waals surface area (Å²) in [5.74, 6) is -0.892. The van der Waals surface area contributed by atoms with E-state index in [1.54, 1.807) is 18.4 Å². The van der Waals surface area contributed by atoms with Crippen molar-refractivity contribution in [3.63, 3.8) is 0 Å². The van der Waals surface area contributed by atoms with Gasteiger partial charge in [-0.25, -0.2) is 0 Å². The number of aliphatic hydroxyl groups excluding tert-OH is 1. The summed E-state index contributed by atoms with van der Waals surface area (Å²) in [4.78, 5) is 0. The molecule has 9 heteroatoms. The Bertz CT molecular complexity index is 648. The van der Waals surface area contributed by atoms with E-state index in [-0.39, 0.29) is 31.5 Å². The zero-order valence-electron chi connectivity index (χ0n) is 16.6. The largest absolute Gasteiger partial charge is 0.449 e. The molecule has 0 saturated carbocycles. The van der Waals surface area contributed by atoms with Gasteiger partial charge in [-0.3, -0.25) is 0 Å². The van der Waals surface area contributed by atoms with Gasteiger partial charge in [-0.05, 0) is 33.8 Å². The van der Waals surface area contributed by atoms with Crippen LogP contribution in [-0.2, 0) is 28.4 Å². The van der Waals surface area contributed by atoms with Crippen LogP contribution < -0.4 is 5.32 Å². The van der Waals surface area contributed by atoms with Gasteiger partial charge in [0.25, 0.3) is 0 Å². The Labute approximate surface area is 164 Å². The number of aliphatic hydroxyl groups is 1. The van der Waals surface area contributed by atoms with Crippen molar-refractivity contribution in [3.05, 3.63) is 18.4 Å². The molecule has 0 bridgehead atoms. The first-order chi connectivity index (χ1) is 13.2. The van der Waals surface area contributed by atoms with Crippen LogP contribution in [0.5, 0.6) is 0 Å². The molecule has 4 rings (SSSR count). The van der Waals surface area contributed by atoms with Crippen molar-refractivity contribution in [2.24, 2.45) is 0 Å². The molecule has 1 aromatic rings. The quantitative estimate of drug-likeness (QED) is 0.706. The topological polar surface area (TPSA) is 101 Å². The number of nitrogens with one attached hydrogen (secondary N) is 1. The standard InChI is InChI=1S/C19H29NO8/c1-18(2)25-14-12(10-22-9-11(21)8-20-13-6-5-7-23-13)24-17-16(15(14)26-18)27-19(3,4)28-17/h5-7,11-12,14-17,20-21H,8-10H2,1-4H3/t11?,12?,14-,15-,16+,17+/m0/s1. The van der Waals surface area contributed by atoms with Crippen LogP contribution in [0.1, 0.15) is 27.7 Å². The van der Waals surface area contributed by atoms with Crippen molar-refractivity contribution >= 4 is 5.88 Å². The van der Waals surface area contributed by atoms with Gasteiger partial charge in [0.15, 0.2) is 23.7 Å². The summed E-state index contributed by atoms with van der Waals surface area (Å²) >= 11 is 0. The highest BCUT2D eigenvalue weighted by atomic mass is 16.9. The van der Waals surface area contributed by atoms with Crippen LogP contribution in [0.4, 0.5) is 5.88 Å². The molecule has 2 N–H and O–H groups in total. The van der Waals surface area contributed by atoms with E-state index in [0.717, 1.165) is 0 Å². The average molecular weight is 399 g/mol. The van der Waals surface area contributed by atoms with Gasteiger partial charge in [-0.15, -0.1) is 0 Å². The fourth-order valence-electron chi connectivity index (χ4n) is 3.80. The molecule has 3 fully saturated rings. The lowest BCUT2D eigenvalue weighted by Gasteiger charge is -2.37. The van der Waals surface area contributed by atoms with Gasteiger partial charge in [0.05, 0.1) is 25.6 Å². The second-order valence-electron chi connectivity index (χ2n) is 8.26. The third kappa shape index (κ3) is 4.35. The molecule has 2 unspecified atom stereocenters. The maximum atomic E-state index is 10.1. The van der Waals surface area contributed by atoms with Gasteiger partial charge in [-0.1, -0.05) is 0 Å². The Hall–Kier alpha value is -1.20. The number of furan rings is 1. The number of rotatable bonds is 7. The number of fused-ring (bicyclic) bond motifs is 3. The van der Waals surface area contributed by atoms with Gasteiger partial charge >= 0.3 is 0 Å². The normalized spacial score (nSPS) is 36.7. The molecular formula is C19H29NO8. The minimum atomic E-state index is -0.751. The molecule has 4 heterocycles. The molecule has 3 aliphatic heterocycles. The van der Waals surface area contributed by atoms with E-state index in [9.17, 15) is 5.11 Å². The molecule has 0 aliphatic carbocycles. The summed E-state index contributed by atoms with van der Waals surface area (Å²) in [5, 5.41) is 13.1. The molecule has 3 saturated heterocycles. The summed E-state index contributed by atoms with van der Waals surface area (Å²) in [6, 6.07) is 3.56. The van der Waals surface area contributed by atoms with Crippen molar-refractivity contribution < 1.29 is 37.9 Å². The Kier molecular flexibility index (Phi) is 5.43. The minimum absolute atomic E-state index is 0.145. The number of anilines is 1. The first kappa shape index (κ1) is 20.1. The Morgan fingerprint density at radius 2 is 1.79 bits per heavy atom. The maximum Gasteiger partial charge on any atom is 0.192 e. The van der Waals surface area contributed by atoms with Gasteiger partial charge in [0.1, 0.15) is 24.4 Å². The molecule has 0 amide bonds. The zero-order valence-corrected chi connectivity index (χ0v) is 16.6. The monoisotopic (exact) mass is 399 g/mol. The van der Waals surface area contributed by atoms with Crippen LogP contribution in [0.25, 0.3) is 0 Å². The van der Waals surface area contributed by atoms with Crippen LogP contribution >= 0.6 is 0 Å². The lowest BCUT2D eigenvalue weighted by atomic mass is 9.99. The molecule has 28 heavy (non-hydrogen) atoms. The first-order valence-electron chi connectivity index (χ1n) is 9.62. The second kappa shape index (κ2) is 7.56. The Morgan fingerprint density at radius 3 is 2.54 bits per heavy atom. The van der Waals surface area contributed by atoms with Gasteiger partial charge in [-0.2, -0.15) is 0 Å². The van der Waals surface area contributed by atoms with Crippen molar-refractivity contribution in [1.29, 1.82) is 0 Å². The van der Waals surface area contributed by atoms with Crippen molar-refractivity contribution in [2.45, 2.75) is 76.1 Å². The van der Waals surface area contributed by atoms with E-state index in [2.05, 4.69) is 5.32 Å². The summed E-state index contributed by atoms with van der Waals surface area (Å²) in [6.07, 6.45) is -1.08. The predicted molar refractivity (Wildman–Crippen MR) is 96.5 cm³/mol. The number of hydrogen-bond acceptors (Lipinski definition) is 9. The zero-order chi connectivity index (χ0) is 19.9. The Balaban J connectivity index is 1.31. The lowest BCUT2D eigenvalue weighted by molar-refractivity contribution is -0.243. The van der Waals surface area contributed by atoms with E-state index in [1.165, 1.54) is 0 Å². The van der Waals surface area contributed by atoms with Crippen LogP contribution in [0.2, 0.25) is 0 Å². The van der Waals surface area contributed by atoms with Crippen LogP contribution in [-0.4, -0.2) is 73.2 Å². The molecule has 0 aromatic carbocycles. The summed E-state index contributed by atoms with van der Waals surface area (Å²) < 4.78 is 40.9. The van der Waals surface area contributed by atoms with Crippen molar-refractivity contribution in [1.82, 2.24) is 0 Å². The maximum absolute atomic E-state index is 10.1. The van der Waals surface area contributed by atoms with Gasteiger partial charge in [0.2, 0.25) is 0 Å². The molecule has 9 nitrogen and oxygen atoms in total. The predicted octanol–water partition coefficient (Wildman–Crippen LogP) is 1.47. The molecule has 3 aliphatic rings. The van der Waals surface area contributed by atoms with E-state index in [1.807, 2.05) is 27.7 Å². The SMILES string of the molecule is CC1(C)O[C@H]2OC(COCC(O)CNc3ccco3)[C@@H]3OC(C)(C)O[C@@H]3[C@H]2O1. The summed E-state index contributed by atoms with van der Waals surface area (Å²) in [7, 11) is 0. The van der Waals surface area contributed by atoms with Gasteiger partial charge in [0, 0.05) is 12.6 Å². The Morgan fingerprint density at radius 1 is 1.07 bits per heavy atom. The van der Waals surface area contributed by atoms with Crippen LogP contribution in [0.15, 0.2) is 22.8 Å². The molecule has 0 spiro atoms. The third-order valence-corrected chi connectivity index (χ3v) is 4.88. The van der Waals surface area contributed by atoms with Gasteiger partial charge < -0.3 is 43.3 Å². The van der Waals surface area contributed by atoms with E-state index in [4.69, 9.17) is 32.8 Å². The molecule has 1 aromatic heterocycles. The third-order valence-electron chi connectivity index (χ3n) is 4.88. The summed E-state index contributed by atoms with van der Waals surface area (Å²) in [6.45, 7) is 8.12. The van der Waals surface area contributed by atoms with Crippen LogP contribution in [0, 0.1) is 0 Å². The van der Waals surface area contributed by atoms with E-state index >= 15 is 0 Å². The van der Waals surface area contributed by atoms with Crippen LogP contribution in [0.3, 0.4) is 0 Å². The highest BCUT2D eigenvalue weighted by Crippen LogP contribution is 2.44. The fourth-order valence-corrected chi connectivity index (χ4v) is 3.80. The minimum Gasteiger partial charge on any atom is -0.449 e. The van der Waals surface area contributed by atoms with E-state index < -0.39 is 30.1 Å². The molecular weight excluding hydrogens is 370 g/mol. The van der Waals surface area contributed by atoms with Crippen molar-refractivity contribution in [2.75, 3.05) is 25.1 Å². The highest BCUT2D eigenvalue weighted by Gasteiger charge is 2.60. The smallest absolute Gasteiger partial charge is 0.192 e. The lowest BCUT2D eigenvalue weighted by Crippen LogP contribution is -2.56. The fraction of sp³-hybridized carbons (Fsp3) is 0.789. The number of ether oxygens (including phenoxy) is 6.